The average Bonchev–Trinajstić information content (AvgIpc) is 2.62. The average molecular weight is 252 g/mol. The fraction of sp³-hybridized carbons (Fsp3) is 0.500. The maximum Gasteiger partial charge on any atom is 0.262 e. The van der Waals surface area contributed by atoms with E-state index < -0.39 is 5.92 Å². The zero-order valence-electron chi connectivity index (χ0n) is 9.84. The van der Waals surface area contributed by atoms with Crippen LogP contribution >= 0.6 is 0 Å². The molecule has 1 unspecified atom stereocenters. The number of nitrogens with zero attached hydrogens (tertiary/aromatic N) is 4. The van der Waals surface area contributed by atoms with E-state index in [4.69, 9.17) is 5.53 Å². The topological polar surface area (TPSA) is 52.0 Å². The molecule has 2 rings (SSSR count). The molecule has 1 aromatic rings. The Morgan fingerprint density at radius 1 is 1.39 bits per heavy atom. The lowest BCUT2D eigenvalue weighted by atomic mass is 10.1. The van der Waals surface area contributed by atoms with Crippen molar-refractivity contribution in [1.82, 2.24) is 4.90 Å². The molecule has 1 fully saturated rings. The van der Waals surface area contributed by atoms with Gasteiger partial charge in [0.2, 0.25) is 0 Å². The predicted molar refractivity (Wildman–Crippen MR) is 64.2 cm³/mol. The van der Waals surface area contributed by atoms with Gasteiger partial charge in [0, 0.05) is 30.5 Å². The van der Waals surface area contributed by atoms with E-state index in [9.17, 15) is 8.78 Å². The van der Waals surface area contributed by atoms with E-state index in [0.29, 0.717) is 6.54 Å². The van der Waals surface area contributed by atoms with E-state index in [1.165, 1.54) is 0 Å². The van der Waals surface area contributed by atoms with Crippen LogP contribution in [-0.2, 0) is 6.54 Å². The SMILES string of the molecule is [N-]=[N+]=NCC1CC(F)(F)CN1Cc1ccccc1. The maximum absolute atomic E-state index is 13.4. The lowest BCUT2D eigenvalue weighted by molar-refractivity contribution is 0.0113. The quantitative estimate of drug-likeness (QED) is 0.461. The van der Waals surface area contributed by atoms with Crippen LogP contribution in [0.5, 0.6) is 0 Å². The molecule has 1 heterocycles. The van der Waals surface area contributed by atoms with Gasteiger partial charge in [-0.2, -0.15) is 0 Å². The van der Waals surface area contributed by atoms with E-state index in [2.05, 4.69) is 10.0 Å². The zero-order valence-corrected chi connectivity index (χ0v) is 9.84. The molecule has 0 N–H and O–H groups in total. The lowest BCUT2D eigenvalue weighted by Crippen LogP contribution is -2.31. The third kappa shape index (κ3) is 3.18. The van der Waals surface area contributed by atoms with Gasteiger partial charge in [0.1, 0.15) is 0 Å². The molecule has 96 valence electrons. The number of likely N-dealkylation sites (tertiary alicyclic amines) is 1. The van der Waals surface area contributed by atoms with Gasteiger partial charge in [-0.05, 0) is 11.1 Å². The molecule has 18 heavy (non-hydrogen) atoms. The van der Waals surface area contributed by atoms with Gasteiger partial charge in [0.05, 0.1) is 6.54 Å². The van der Waals surface area contributed by atoms with Crippen molar-refractivity contribution in [3.63, 3.8) is 0 Å². The second-order valence-corrected chi connectivity index (χ2v) is 4.52. The summed E-state index contributed by atoms with van der Waals surface area (Å²) in [5.74, 6) is -2.69. The first-order chi connectivity index (χ1) is 8.61. The second-order valence-electron chi connectivity index (χ2n) is 4.52. The molecule has 1 aromatic carbocycles. The summed E-state index contributed by atoms with van der Waals surface area (Å²) in [7, 11) is 0. The first-order valence-electron chi connectivity index (χ1n) is 5.77. The van der Waals surface area contributed by atoms with Crippen LogP contribution in [-0.4, -0.2) is 30.0 Å². The molecule has 1 saturated heterocycles. The van der Waals surface area contributed by atoms with Gasteiger partial charge in [-0.1, -0.05) is 35.4 Å². The van der Waals surface area contributed by atoms with Crippen LogP contribution in [0.15, 0.2) is 35.4 Å². The third-order valence-electron chi connectivity index (χ3n) is 3.07. The van der Waals surface area contributed by atoms with Crippen molar-refractivity contribution in [2.45, 2.75) is 24.9 Å². The Hall–Kier alpha value is -1.65. The van der Waals surface area contributed by atoms with Crippen LogP contribution in [0, 0.1) is 0 Å². The van der Waals surface area contributed by atoms with Crippen LogP contribution in [0.3, 0.4) is 0 Å². The second kappa shape index (κ2) is 5.33. The minimum absolute atomic E-state index is 0.0962. The fourth-order valence-corrected chi connectivity index (χ4v) is 2.28. The van der Waals surface area contributed by atoms with E-state index >= 15 is 0 Å². The van der Waals surface area contributed by atoms with Crippen LogP contribution < -0.4 is 0 Å². The van der Waals surface area contributed by atoms with Crippen molar-refractivity contribution < 1.29 is 8.78 Å². The Kier molecular flexibility index (Phi) is 3.79. The summed E-state index contributed by atoms with van der Waals surface area (Å²) in [6, 6.07) is 9.08. The summed E-state index contributed by atoms with van der Waals surface area (Å²) in [5, 5.41) is 3.42. The molecular formula is C12H14F2N4. The maximum atomic E-state index is 13.4. The summed E-state index contributed by atoms with van der Waals surface area (Å²) < 4.78 is 26.8. The molecule has 0 spiro atoms. The fourth-order valence-electron chi connectivity index (χ4n) is 2.28. The minimum Gasteiger partial charge on any atom is -0.290 e. The van der Waals surface area contributed by atoms with E-state index in [0.717, 1.165) is 5.56 Å². The van der Waals surface area contributed by atoms with Crippen LogP contribution in [0.1, 0.15) is 12.0 Å². The van der Waals surface area contributed by atoms with Crippen LogP contribution in [0.4, 0.5) is 8.78 Å². The number of azide groups is 1. The van der Waals surface area contributed by atoms with Gasteiger partial charge >= 0.3 is 0 Å². The first-order valence-corrected chi connectivity index (χ1v) is 5.77. The highest BCUT2D eigenvalue weighted by Crippen LogP contribution is 2.33. The summed E-state index contributed by atoms with van der Waals surface area (Å²) in [4.78, 5) is 4.33. The van der Waals surface area contributed by atoms with Crippen molar-refractivity contribution in [1.29, 1.82) is 0 Å². The number of hydrogen-bond donors (Lipinski definition) is 0. The van der Waals surface area contributed by atoms with Crippen molar-refractivity contribution in [2.75, 3.05) is 13.1 Å². The number of hydrogen-bond acceptors (Lipinski definition) is 2. The Morgan fingerprint density at radius 2 is 2.11 bits per heavy atom. The Labute approximate surface area is 104 Å². The molecule has 6 heteroatoms. The van der Waals surface area contributed by atoms with Crippen LogP contribution in [0.2, 0.25) is 0 Å². The molecule has 0 bridgehead atoms. The first kappa shape index (κ1) is 12.8. The van der Waals surface area contributed by atoms with Gasteiger partial charge in [-0.15, -0.1) is 0 Å². The summed E-state index contributed by atoms with van der Waals surface area (Å²) in [5.41, 5.74) is 9.27. The predicted octanol–water partition coefficient (Wildman–Crippen LogP) is 3.21. The van der Waals surface area contributed by atoms with E-state index in [-0.39, 0.29) is 25.6 Å². The van der Waals surface area contributed by atoms with Crippen molar-refractivity contribution in [3.05, 3.63) is 46.3 Å². The van der Waals surface area contributed by atoms with Gasteiger partial charge < -0.3 is 0 Å². The van der Waals surface area contributed by atoms with Gasteiger partial charge in [0.25, 0.3) is 5.92 Å². The third-order valence-corrected chi connectivity index (χ3v) is 3.07. The van der Waals surface area contributed by atoms with E-state index in [1.807, 2.05) is 30.3 Å². The molecule has 1 aliphatic heterocycles. The molecule has 4 nitrogen and oxygen atoms in total. The molecule has 1 aliphatic rings. The normalized spacial score (nSPS) is 22.7. The van der Waals surface area contributed by atoms with Gasteiger partial charge in [-0.3, -0.25) is 4.90 Å². The Balaban J connectivity index is 2.07. The van der Waals surface area contributed by atoms with Crippen molar-refractivity contribution >= 4 is 0 Å². The lowest BCUT2D eigenvalue weighted by Gasteiger charge is -2.22. The monoisotopic (exact) mass is 252 g/mol. The number of benzene rings is 1. The van der Waals surface area contributed by atoms with E-state index in [1.54, 1.807) is 4.90 Å². The smallest absolute Gasteiger partial charge is 0.262 e. The Morgan fingerprint density at radius 3 is 2.78 bits per heavy atom. The number of halogens is 2. The zero-order chi connectivity index (χ0) is 13.0. The highest BCUT2D eigenvalue weighted by molar-refractivity contribution is 5.15. The highest BCUT2D eigenvalue weighted by atomic mass is 19.3. The summed E-state index contributed by atoms with van der Waals surface area (Å²) >= 11 is 0. The minimum atomic E-state index is -2.69. The van der Waals surface area contributed by atoms with Gasteiger partial charge in [0.15, 0.2) is 0 Å². The summed E-state index contributed by atoms with van der Waals surface area (Å²) in [6.07, 6.45) is -0.237. The summed E-state index contributed by atoms with van der Waals surface area (Å²) in [6.45, 7) is 0.286. The van der Waals surface area contributed by atoms with Crippen molar-refractivity contribution in [3.8, 4) is 0 Å². The van der Waals surface area contributed by atoms with Crippen LogP contribution in [0.25, 0.3) is 10.4 Å². The standard InChI is InChI=1S/C12H14F2N4/c13-12(14)6-11(7-16-17-15)18(9-12)8-10-4-2-1-3-5-10/h1-5,11H,6-9H2. The molecule has 0 aromatic heterocycles. The molecule has 0 amide bonds. The highest BCUT2D eigenvalue weighted by Gasteiger charge is 2.44. The number of rotatable bonds is 4. The molecular weight excluding hydrogens is 238 g/mol. The molecule has 0 saturated carbocycles. The molecule has 0 radical (unpaired) electrons. The number of alkyl halides is 2. The Bertz CT molecular complexity index is 443. The largest absolute Gasteiger partial charge is 0.290 e. The molecule has 1 atom stereocenters. The van der Waals surface area contributed by atoms with Gasteiger partial charge in [-0.25, -0.2) is 8.78 Å². The molecule has 0 aliphatic carbocycles. The van der Waals surface area contributed by atoms with Crippen molar-refractivity contribution in [2.24, 2.45) is 5.11 Å².